The third kappa shape index (κ3) is 3.10. The fraction of sp³-hybridized carbons (Fsp3) is 0.636. The first-order valence-corrected chi connectivity index (χ1v) is 7.53. The maximum atomic E-state index is 5.19. The van der Waals surface area contributed by atoms with E-state index in [4.69, 9.17) is 4.74 Å². The predicted octanol–water partition coefficient (Wildman–Crippen LogP) is 2.86. The molecule has 1 aliphatic rings. The van der Waals surface area contributed by atoms with Crippen LogP contribution in [-0.4, -0.2) is 35.5 Å². The summed E-state index contributed by atoms with van der Waals surface area (Å²) in [5.41, 5.74) is 0. The van der Waals surface area contributed by atoms with Gasteiger partial charge in [-0.05, 0) is 34.7 Å². The number of nitrogens with zero attached hydrogens (tertiary/aromatic N) is 3. The van der Waals surface area contributed by atoms with Crippen molar-refractivity contribution in [3.8, 4) is 5.88 Å². The molecule has 0 radical (unpaired) electrons. The van der Waals surface area contributed by atoms with Crippen molar-refractivity contribution >= 4 is 37.8 Å². The second-order valence-electron chi connectivity index (χ2n) is 4.11. The number of alkyl halides is 1. The van der Waals surface area contributed by atoms with E-state index in [1.54, 1.807) is 13.3 Å². The van der Waals surface area contributed by atoms with Gasteiger partial charge in [-0.2, -0.15) is 4.98 Å². The van der Waals surface area contributed by atoms with Gasteiger partial charge in [0.05, 0.1) is 17.8 Å². The monoisotopic (exact) mass is 363 g/mol. The number of methoxy groups -OCH3 is 1. The van der Waals surface area contributed by atoms with Gasteiger partial charge >= 0.3 is 0 Å². The Morgan fingerprint density at radius 1 is 1.59 bits per heavy atom. The summed E-state index contributed by atoms with van der Waals surface area (Å²) in [5.74, 6) is 2.11. The molecule has 1 saturated heterocycles. The molecule has 1 atom stereocenters. The SMILES string of the molecule is COc1nc(N2CCC(CCBr)C2)ncc1Br. The molecule has 2 rings (SSSR count). The second kappa shape index (κ2) is 6.00. The summed E-state index contributed by atoms with van der Waals surface area (Å²) in [6.45, 7) is 2.07. The van der Waals surface area contributed by atoms with Crippen molar-refractivity contribution in [1.29, 1.82) is 0 Å². The average molecular weight is 365 g/mol. The van der Waals surface area contributed by atoms with Crippen LogP contribution in [0.4, 0.5) is 5.95 Å². The van der Waals surface area contributed by atoms with Crippen molar-refractivity contribution in [1.82, 2.24) is 9.97 Å². The summed E-state index contributed by atoms with van der Waals surface area (Å²) in [6, 6.07) is 0. The van der Waals surface area contributed by atoms with E-state index in [0.29, 0.717) is 5.88 Å². The molecule has 1 aromatic heterocycles. The Hall–Kier alpha value is -0.360. The molecule has 1 aliphatic heterocycles. The average Bonchev–Trinajstić information content (AvgIpc) is 2.79. The minimum Gasteiger partial charge on any atom is -0.480 e. The van der Waals surface area contributed by atoms with Crippen LogP contribution < -0.4 is 9.64 Å². The van der Waals surface area contributed by atoms with E-state index in [-0.39, 0.29) is 0 Å². The topological polar surface area (TPSA) is 38.2 Å². The van der Waals surface area contributed by atoms with Gasteiger partial charge in [0, 0.05) is 18.4 Å². The molecule has 2 heterocycles. The Kier molecular flexibility index (Phi) is 4.62. The summed E-state index contributed by atoms with van der Waals surface area (Å²) in [6.07, 6.45) is 4.18. The molecular formula is C11H15Br2N3O. The molecule has 17 heavy (non-hydrogen) atoms. The Morgan fingerprint density at radius 3 is 3.12 bits per heavy atom. The lowest BCUT2D eigenvalue weighted by molar-refractivity contribution is 0.394. The van der Waals surface area contributed by atoms with Crippen LogP contribution in [0.5, 0.6) is 5.88 Å². The third-order valence-corrected chi connectivity index (χ3v) is 3.98. The summed E-state index contributed by atoms with van der Waals surface area (Å²) < 4.78 is 5.98. The lowest BCUT2D eigenvalue weighted by Gasteiger charge is -2.16. The molecule has 0 aliphatic carbocycles. The van der Waals surface area contributed by atoms with Crippen LogP contribution in [-0.2, 0) is 0 Å². The van der Waals surface area contributed by atoms with Gasteiger partial charge in [-0.15, -0.1) is 0 Å². The highest BCUT2D eigenvalue weighted by atomic mass is 79.9. The smallest absolute Gasteiger partial charge is 0.232 e. The fourth-order valence-corrected chi connectivity index (χ4v) is 3.04. The van der Waals surface area contributed by atoms with E-state index >= 15 is 0 Å². The van der Waals surface area contributed by atoms with Crippen molar-refractivity contribution < 1.29 is 4.74 Å². The van der Waals surface area contributed by atoms with Gasteiger partial charge in [-0.25, -0.2) is 4.98 Å². The van der Waals surface area contributed by atoms with E-state index in [0.717, 1.165) is 34.8 Å². The Labute approximate surface area is 118 Å². The van der Waals surface area contributed by atoms with Crippen LogP contribution in [0.1, 0.15) is 12.8 Å². The van der Waals surface area contributed by atoms with Crippen LogP contribution in [0.3, 0.4) is 0 Å². The maximum absolute atomic E-state index is 5.19. The van der Waals surface area contributed by atoms with Crippen LogP contribution in [0.15, 0.2) is 10.7 Å². The molecule has 4 nitrogen and oxygen atoms in total. The third-order valence-electron chi connectivity index (χ3n) is 2.98. The zero-order valence-electron chi connectivity index (χ0n) is 9.70. The van der Waals surface area contributed by atoms with Gasteiger partial charge < -0.3 is 9.64 Å². The minimum absolute atomic E-state index is 0.596. The standard InChI is InChI=1S/C11H15Br2N3O/c1-17-10-9(13)6-14-11(15-10)16-5-3-8(7-16)2-4-12/h6,8H,2-5,7H2,1H3. The summed E-state index contributed by atoms with van der Waals surface area (Å²) in [4.78, 5) is 11.0. The summed E-state index contributed by atoms with van der Waals surface area (Å²) in [7, 11) is 1.62. The molecule has 0 aromatic carbocycles. The largest absolute Gasteiger partial charge is 0.480 e. The highest BCUT2D eigenvalue weighted by Gasteiger charge is 2.24. The lowest BCUT2D eigenvalue weighted by atomic mass is 10.1. The van der Waals surface area contributed by atoms with E-state index in [1.165, 1.54) is 12.8 Å². The van der Waals surface area contributed by atoms with Crippen molar-refractivity contribution in [3.63, 3.8) is 0 Å². The number of anilines is 1. The lowest BCUT2D eigenvalue weighted by Crippen LogP contribution is -2.22. The van der Waals surface area contributed by atoms with Crippen molar-refractivity contribution in [2.45, 2.75) is 12.8 Å². The van der Waals surface area contributed by atoms with Crippen LogP contribution in [0.2, 0.25) is 0 Å². The van der Waals surface area contributed by atoms with E-state index in [2.05, 4.69) is 46.7 Å². The summed E-state index contributed by atoms with van der Waals surface area (Å²) in [5, 5.41) is 1.07. The van der Waals surface area contributed by atoms with Gasteiger partial charge in [-0.3, -0.25) is 0 Å². The Bertz CT molecular complexity index is 389. The number of rotatable bonds is 4. The first-order valence-electron chi connectivity index (χ1n) is 5.62. The van der Waals surface area contributed by atoms with E-state index < -0.39 is 0 Å². The molecule has 0 bridgehead atoms. The molecule has 94 valence electrons. The molecule has 1 fully saturated rings. The van der Waals surface area contributed by atoms with Gasteiger partial charge in [0.2, 0.25) is 11.8 Å². The number of halogens is 2. The number of hydrogen-bond donors (Lipinski definition) is 0. The van der Waals surface area contributed by atoms with Gasteiger partial charge in [-0.1, -0.05) is 15.9 Å². The number of aromatic nitrogens is 2. The number of ether oxygens (including phenoxy) is 1. The highest BCUT2D eigenvalue weighted by molar-refractivity contribution is 9.10. The molecule has 0 saturated carbocycles. The van der Waals surface area contributed by atoms with Gasteiger partial charge in [0.1, 0.15) is 0 Å². The predicted molar refractivity (Wildman–Crippen MR) is 75.0 cm³/mol. The normalized spacial score (nSPS) is 19.7. The highest BCUT2D eigenvalue weighted by Crippen LogP contribution is 2.27. The molecule has 1 unspecified atom stereocenters. The van der Waals surface area contributed by atoms with Crippen molar-refractivity contribution in [2.75, 3.05) is 30.4 Å². The van der Waals surface area contributed by atoms with E-state index in [1.807, 2.05) is 0 Å². The molecule has 1 aromatic rings. The van der Waals surface area contributed by atoms with Gasteiger partial charge in [0.25, 0.3) is 0 Å². The zero-order chi connectivity index (χ0) is 12.3. The summed E-state index contributed by atoms with van der Waals surface area (Å²) >= 11 is 6.85. The van der Waals surface area contributed by atoms with Crippen LogP contribution in [0, 0.1) is 5.92 Å². The van der Waals surface area contributed by atoms with Gasteiger partial charge in [0.15, 0.2) is 0 Å². The van der Waals surface area contributed by atoms with Crippen molar-refractivity contribution in [2.24, 2.45) is 5.92 Å². The maximum Gasteiger partial charge on any atom is 0.232 e. The van der Waals surface area contributed by atoms with Crippen molar-refractivity contribution in [3.05, 3.63) is 10.7 Å². The number of hydrogen-bond acceptors (Lipinski definition) is 4. The molecule has 0 spiro atoms. The van der Waals surface area contributed by atoms with E-state index in [9.17, 15) is 0 Å². The first-order chi connectivity index (χ1) is 8.24. The molecule has 0 amide bonds. The quantitative estimate of drug-likeness (QED) is 0.770. The van der Waals surface area contributed by atoms with Crippen LogP contribution in [0.25, 0.3) is 0 Å². The molecular weight excluding hydrogens is 350 g/mol. The Balaban J connectivity index is 2.08. The Morgan fingerprint density at radius 2 is 2.41 bits per heavy atom. The molecule has 0 N–H and O–H groups in total. The fourth-order valence-electron chi connectivity index (χ4n) is 2.04. The second-order valence-corrected chi connectivity index (χ2v) is 5.75. The molecule has 6 heteroatoms. The minimum atomic E-state index is 0.596. The zero-order valence-corrected chi connectivity index (χ0v) is 12.9. The first kappa shape index (κ1) is 13.1. The van der Waals surface area contributed by atoms with Crippen LogP contribution >= 0.6 is 31.9 Å².